The first-order chi connectivity index (χ1) is 8.61. The average Bonchev–Trinajstić information content (AvgIpc) is 2.78. The number of carbonyl (C=O) groups excluding carboxylic acids is 1. The maximum absolute atomic E-state index is 11.0. The van der Waals surface area contributed by atoms with Crippen LogP contribution in [0.15, 0.2) is 18.2 Å². The molecule has 0 spiro atoms. The van der Waals surface area contributed by atoms with Gasteiger partial charge in [-0.3, -0.25) is 4.79 Å². The van der Waals surface area contributed by atoms with Crippen LogP contribution in [0.3, 0.4) is 0 Å². The van der Waals surface area contributed by atoms with Gasteiger partial charge in [-0.25, -0.2) is 0 Å². The summed E-state index contributed by atoms with van der Waals surface area (Å²) in [5, 5.41) is 12.6. The van der Waals surface area contributed by atoms with Gasteiger partial charge in [-0.05, 0) is 31.0 Å². The van der Waals surface area contributed by atoms with E-state index in [0.717, 1.165) is 24.9 Å². The van der Waals surface area contributed by atoms with E-state index in [0.29, 0.717) is 11.3 Å². The summed E-state index contributed by atoms with van der Waals surface area (Å²) in [5.74, 6) is -0.206. The van der Waals surface area contributed by atoms with Gasteiger partial charge in [-0.1, -0.05) is 6.42 Å². The fourth-order valence-electron chi connectivity index (χ4n) is 2.49. The summed E-state index contributed by atoms with van der Waals surface area (Å²) in [6, 6.07) is 5.25. The van der Waals surface area contributed by atoms with Crippen molar-refractivity contribution in [2.24, 2.45) is 11.7 Å². The largest absolute Gasteiger partial charge is 0.397 e. The third-order valence-electron chi connectivity index (χ3n) is 3.57. The van der Waals surface area contributed by atoms with Crippen molar-refractivity contribution in [3.63, 3.8) is 0 Å². The van der Waals surface area contributed by atoms with Crippen LogP contribution in [-0.2, 0) is 0 Å². The lowest BCUT2D eigenvalue weighted by Gasteiger charge is -2.21. The molecule has 0 aromatic heterocycles. The van der Waals surface area contributed by atoms with Gasteiger partial charge in [0.2, 0.25) is 5.91 Å². The van der Waals surface area contributed by atoms with E-state index in [9.17, 15) is 9.90 Å². The van der Waals surface area contributed by atoms with Gasteiger partial charge in [-0.15, -0.1) is 0 Å². The maximum Gasteiger partial charge on any atom is 0.248 e. The van der Waals surface area contributed by atoms with Crippen LogP contribution in [0.5, 0.6) is 0 Å². The zero-order chi connectivity index (χ0) is 13.1. The molecule has 0 saturated heterocycles. The first kappa shape index (κ1) is 12.7. The van der Waals surface area contributed by atoms with E-state index in [1.54, 1.807) is 18.2 Å². The molecule has 1 saturated carbocycles. The number of hydrogen-bond donors (Lipinski definition) is 4. The molecule has 1 amide bonds. The highest BCUT2D eigenvalue weighted by molar-refractivity contribution is 5.94. The predicted octanol–water partition coefficient (Wildman–Crippen LogP) is 0.941. The molecule has 1 aromatic rings. The van der Waals surface area contributed by atoms with Crippen LogP contribution in [0.2, 0.25) is 0 Å². The minimum Gasteiger partial charge on any atom is -0.397 e. The smallest absolute Gasteiger partial charge is 0.248 e. The van der Waals surface area contributed by atoms with Crippen LogP contribution in [0.1, 0.15) is 29.6 Å². The molecule has 0 bridgehead atoms. The van der Waals surface area contributed by atoms with Crippen LogP contribution >= 0.6 is 0 Å². The second kappa shape index (κ2) is 5.27. The van der Waals surface area contributed by atoms with Gasteiger partial charge in [0, 0.05) is 24.1 Å². The number of primary amides is 1. The van der Waals surface area contributed by atoms with Crippen molar-refractivity contribution >= 4 is 17.3 Å². The summed E-state index contributed by atoms with van der Waals surface area (Å²) in [5.41, 5.74) is 12.8. The van der Waals surface area contributed by atoms with Crippen molar-refractivity contribution in [1.82, 2.24) is 0 Å². The maximum atomic E-state index is 11.0. The van der Waals surface area contributed by atoms with Gasteiger partial charge in [0.05, 0.1) is 11.4 Å². The van der Waals surface area contributed by atoms with Gasteiger partial charge >= 0.3 is 0 Å². The number of hydrogen-bond acceptors (Lipinski definition) is 4. The number of amides is 1. The quantitative estimate of drug-likeness (QED) is 0.596. The molecule has 98 valence electrons. The highest BCUT2D eigenvalue weighted by Crippen LogP contribution is 2.30. The molecule has 1 fully saturated rings. The minimum absolute atomic E-state index is 0.191. The average molecular weight is 249 g/mol. The molecule has 5 nitrogen and oxygen atoms in total. The predicted molar refractivity (Wildman–Crippen MR) is 71.2 cm³/mol. The molecule has 2 rings (SSSR count). The van der Waals surface area contributed by atoms with Crippen molar-refractivity contribution in [2.45, 2.75) is 25.3 Å². The Morgan fingerprint density at radius 3 is 2.83 bits per heavy atom. The Balaban J connectivity index is 2.12. The number of aliphatic hydroxyl groups is 1. The second-order valence-electron chi connectivity index (χ2n) is 4.79. The van der Waals surface area contributed by atoms with Crippen molar-refractivity contribution in [1.29, 1.82) is 0 Å². The van der Waals surface area contributed by atoms with E-state index >= 15 is 0 Å². The Labute approximate surface area is 106 Å². The number of nitrogens with two attached hydrogens (primary N) is 2. The number of aliphatic hydroxyl groups excluding tert-OH is 1. The first-order valence-corrected chi connectivity index (χ1v) is 6.18. The fourth-order valence-corrected chi connectivity index (χ4v) is 2.49. The molecule has 0 radical (unpaired) electrons. The molecule has 2 atom stereocenters. The van der Waals surface area contributed by atoms with Gasteiger partial charge in [0.25, 0.3) is 0 Å². The Morgan fingerprint density at radius 1 is 1.44 bits per heavy atom. The molecule has 6 N–H and O–H groups in total. The summed E-state index contributed by atoms with van der Waals surface area (Å²) in [6.07, 6.45) is 3.18. The molecule has 1 aliphatic rings. The van der Waals surface area contributed by atoms with Crippen LogP contribution < -0.4 is 16.8 Å². The van der Waals surface area contributed by atoms with E-state index in [-0.39, 0.29) is 18.6 Å². The Kier molecular flexibility index (Phi) is 3.72. The third-order valence-corrected chi connectivity index (χ3v) is 3.57. The molecule has 0 aliphatic heterocycles. The second-order valence-corrected chi connectivity index (χ2v) is 4.79. The zero-order valence-electron chi connectivity index (χ0n) is 10.2. The molecule has 2 unspecified atom stereocenters. The summed E-state index contributed by atoms with van der Waals surface area (Å²) in [6.45, 7) is 0.191. The van der Waals surface area contributed by atoms with Crippen molar-refractivity contribution in [3.05, 3.63) is 23.8 Å². The van der Waals surface area contributed by atoms with Crippen LogP contribution in [0, 0.1) is 5.92 Å². The summed E-state index contributed by atoms with van der Waals surface area (Å²) < 4.78 is 0. The molecular weight excluding hydrogens is 230 g/mol. The monoisotopic (exact) mass is 249 g/mol. The van der Waals surface area contributed by atoms with Crippen molar-refractivity contribution in [3.8, 4) is 0 Å². The summed E-state index contributed by atoms with van der Waals surface area (Å²) in [7, 11) is 0. The van der Waals surface area contributed by atoms with Crippen molar-refractivity contribution in [2.75, 3.05) is 17.7 Å². The van der Waals surface area contributed by atoms with Gasteiger partial charge in [-0.2, -0.15) is 0 Å². The molecule has 1 aromatic carbocycles. The number of nitrogen functional groups attached to an aromatic ring is 1. The first-order valence-electron chi connectivity index (χ1n) is 6.18. The lowest BCUT2D eigenvalue weighted by atomic mass is 10.0. The number of benzene rings is 1. The Morgan fingerprint density at radius 2 is 2.22 bits per heavy atom. The van der Waals surface area contributed by atoms with Crippen LogP contribution in [-0.4, -0.2) is 23.7 Å². The highest BCUT2D eigenvalue weighted by Gasteiger charge is 2.26. The van der Waals surface area contributed by atoms with E-state index in [1.807, 2.05) is 0 Å². The number of carbonyl (C=O) groups is 1. The zero-order valence-corrected chi connectivity index (χ0v) is 10.2. The van der Waals surface area contributed by atoms with Crippen LogP contribution in [0.25, 0.3) is 0 Å². The van der Waals surface area contributed by atoms with E-state index in [2.05, 4.69) is 5.32 Å². The van der Waals surface area contributed by atoms with Gasteiger partial charge in [0.1, 0.15) is 0 Å². The third kappa shape index (κ3) is 2.56. The molecule has 1 aliphatic carbocycles. The van der Waals surface area contributed by atoms with E-state index in [1.165, 1.54) is 0 Å². The van der Waals surface area contributed by atoms with Gasteiger partial charge < -0.3 is 21.9 Å². The van der Waals surface area contributed by atoms with E-state index in [4.69, 9.17) is 11.5 Å². The topological polar surface area (TPSA) is 101 Å². The molecule has 0 heterocycles. The fraction of sp³-hybridized carbons (Fsp3) is 0.462. The van der Waals surface area contributed by atoms with Crippen LogP contribution in [0.4, 0.5) is 11.4 Å². The number of nitrogens with one attached hydrogen (secondary N) is 1. The lowest BCUT2D eigenvalue weighted by Crippen LogP contribution is -2.26. The standard InChI is InChI=1S/C13H19N3O2/c14-10-6-8(13(15)18)4-5-12(10)16-11-3-1-2-9(11)7-17/h4-6,9,11,16-17H,1-3,7,14H2,(H2,15,18). The van der Waals surface area contributed by atoms with Crippen molar-refractivity contribution < 1.29 is 9.90 Å². The number of rotatable bonds is 4. The summed E-state index contributed by atoms with van der Waals surface area (Å²) >= 11 is 0. The summed E-state index contributed by atoms with van der Waals surface area (Å²) in [4.78, 5) is 11.0. The van der Waals surface area contributed by atoms with E-state index < -0.39 is 5.91 Å². The SMILES string of the molecule is NC(=O)c1ccc(NC2CCCC2CO)c(N)c1. The highest BCUT2D eigenvalue weighted by atomic mass is 16.3. The number of anilines is 2. The lowest BCUT2D eigenvalue weighted by molar-refractivity contribution is 0.100. The minimum atomic E-state index is -0.484. The van der Waals surface area contributed by atoms with Gasteiger partial charge in [0.15, 0.2) is 0 Å². The molecule has 18 heavy (non-hydrogen) atoms. The normalized spacial score (nSPS) is 22.9. The molecule has 5 heteroatoms. The molecular formula is C13H19N3O2. The Hall–Kier alpha value is -1.75. The Bertz CT molecular complexity index is 448.